The van der Waals surface area contributed by atoms with Crippen LogP contribution in [0.1, 0.15) is 6.92 Å². The molecule has 0 aliphatic rings. The van der Waals surface area contributed by atoms with Crippen LogP contribution < -0.4 is 11.1 Å². The lowest BCUT2D eigenvalue weighted by atomic mass is 10.3. The third-order valence-electron chi connectivity index (χ3n) is 1.60. The van der Waals surface area contributed by atoms with Gasteiger partial charge in [0.1, 0.15) is 0 Å². The van der Waals surface area contributed by atoms with Gasteiger partial charge in [-0.05, 0) is 41.1 Å². The van der Waals surface area contributed by atoms with Gasteiger partial charge in [0.15, 0.2) is 0 Å². The number of anilines is 1. The molecule has 0 saturated carbocycles. The van der Waals surface area contributed by atoms with E-state index in [4.69, 9.17) is 5.73 Å². The average Bonchev–Trinajstić information content (AvgIpc) is 2.09. The fourth-order valence-corrected chi connectivity index (χ4v) is 1.98. The van der Waals surface area contributed by atoms with Crippen molar-refractivity contribution >= 4 is 43.5 Å². The average molecular weight is 322 g/mol. The van der Waals surface area contributed by atoms with E-state index in [0.717, 1.165) is 14.6 Å². The second-order valence-electron chi connectivity index (χ2n) is 2.90. The molecule has 0 radical (unpaired) electrons. The first kappa shape index (κ1) is 11.7. The Balaban J connectivity index is 2.82. The number of carbonyl (C=O) groups is 1. The zero-order valence-corrected chi connectivity index (χ0v) is 10.7. The van der Waals surface area contributed by atoms with Crippen molar-refractivity contribution in [2.75, 3.05) is 5.32 Å². The maximum absolute atomic E-state index is 11.3. The number of carbonyl (C=O) groups excluding carboxylic acids is 1. The fraction of sp³-hybridized carbons (Fsp3) is 0.222. The summed E-state index contributed by atoms with van der Waals surface area (Å²) in [6.07, 6.45) is 0. The highest BCUT2D eigenvalue weighted by Gasteiger charge is 2.09. The third kappa shape index (κ3) is 3.08. The minimum absolute atomic E-state index is 0.201. The minimum atomic E-state index is -0.509. The second-order valence-corrected chi connectivity index (χ2v) is 4.67. The number of rotatable bonds is 2. The van der Waals surface area contributed by atoms with Crippen LogP contribution in [0.5, 0.6) is 0 Å². The summed E-state index contributed by atoms with van der Waals surface area (Å²) in [5, 5.41) is 2.71. The lowest BCUT2D eigenvalue weighted by molar-refractivity contribution is -0.117. The molecule has 3 nitrogen and oxygen atoms in total. The van der Waals surface area contributed by atoms with Crippen molar-refractivity contribution in [1.82, 2.24) is 0 Å². The predicted octanol–water partition coefficient (Wildman–Crippen LogP) is 2.50. The van der Waals surface area contributed by atoms with Crippen LogP contribution in [-0.2, 0) is 4.79 Å². The van der Waals surface area contributed by atoms with Gasteiger partial charge in [-0.3, -0.25) is 4.79 Å². The van der Waals surface area contributed by atoms with Crippen LogP contribution in [0.3, 0.4) is 0 Å². The lowest BCUT2D eigenvalue weighted by Gasteiger charge is -2.09. The molecule has 1 aromatic rings. The highest BCUT2D eigenvalue weighted by Crippen LogP contribution is 2.26. The van der Waals surface area contributed by atoms with E-state index in [9.17, 15) is 4.79 Å². The molecule has 0 heterocycles. The van der Waals surface area contributed by atoms with E-state index in [1.54, 1.807) is 13.0 Å². The molecule has 76 valence electrons. The molecule has 0 aliphatic heterocycles. The van der Waals surface area contributed by atoms with E-state index in [1.807, 2.05) is 12.1 Å². The summed E-state index contributed by atoms with van der Waals surface area (Å²) < 4.78 is 1.77. The van der Waals surface area contributed by atoms with E-state index in [0.29, 0.717) is 0 Å². The molecule has 3 N–H and O–H groups in total. The molecule has 0 saturated heterocycles. The molecule has 1 atom stereocenters. The zero-order valence-electron chi connectivity index (χ0n) is 7.55. The first-order chi connectivity index (χ1) is 6.50. The van der Waals surface area contributed by atoms with Crippen LogP contribution in [0.15, 0.2) is 27.1 Å². The van der Waals surface area contributed by atoms with Crippen LogP contribution in [0.25, 0.3) is 0 Å². The molecule has 0 fully saturated rings. The van der Waals surface area contributed by atoms with Gasteiger partial charge < -0.3 is 11.1 Å². The molecule has 5 heteroatoms. The van der Waals surface area contributed by atoms with E-state index in [1.165, 1.54) is 0 Å². The van der Waals surface area contributed by atoms with Crippen molar-refractivity contribution in [3.05, 3.63) is 27.1 Å². The molecule has 0 unspecified atom stereocenters. The zero-order chi connectivity index (χ0) is 10.7. The number of amides is 1. The van der Waals surface area contributed by atoms with Crippen molar-refractivity contribution < 1.29 is 4.79 Å². The normalized spacial score (nSPS) is 12.3. The smallest absolute Gasteiger partial charge is 0.241 e. The molecule has 1 rings (SSSR count). The van der Waals surface area contributed by atoms with Crippen molar-refractivity contribution in [3.63, 3.8) is 0 Å². The summed E-state index contributed by atoms with van der Waals surface area (Å²) in [7, 11) is 0. The monoisotopic (exact) mass is 320 g/mol. The molecular formula is C9H10Br2N2O. The first-order valence-electron chi connectivity index (χ1n) is 4.02. The van der Waals surface area contributed by atoms with E-state index in [2.05, 4.69) is 37.2 Å². The summed E-state index contributed by atoms with van der Waals surface area (Å²) in [6.45, 7) is 1.64. The van der Waals surface area contributed by atoms with E-state index >= 15 is 0 Å². The standard InChI is InChI=1S/C9H10Br2N2O/c1-5(12)9(14)13-8-3-2-6(10)4-7(8)11/h2-5H,12H2,1H3,(H,13,14)/t5-/m0/s1. The summed E-state index contributed by atoms with van der Waals surface area (Å²) in [5.41, 5.74) is 6.15. The SMILES string of the molecule is C[C@H](N)C(=O)Nc1ccc(Br)cc1Br. The van der Waals surface area contributed by atoms with Gasteiger partial charge in [0.25, 0.3) is 0 Å². The maximum Gasteiger partial charge on any atom is 0.241 e. The van der Waals surface area contributed by atoms with Crippen LogP contribution in [0.2, 0.25) is 0 Å². The topological polar surface area (TPSA) is 55.1 Å². The highest BCUT2D eigenvalue weighted by atomic mass is 79.9. The van der Waals surface area contributed by atoms with Gasteiger partial charge in [-0.2, -0.15) is 0 Å². The van der Waals surface area contributed by atoms with E-state index in [-0.39, 0.29) is 5.91 Å². The van der Waals surface area contributed by atoms with Gasteiger partial charge >= 0.3 is 0 Å². The van der Waals surface area contributed by atoms with Gasteiger partial charge in [0.05, 0.1) is 11.7 Å². The Morgan fingerprint density at radius 3 is 2.64 bits per heavy atom. The van der Waals surface area contributed by atoms with Crippen molar-refractivity contribution in [3.8, 4) is 0 Å². The number of hydrogen-bond acceptors (Lipinski definition) is 2. The molecule has 0 bridgehead atoms. The summed E-state index contributed by atoms with van der Waals surface area (Å²) >= 11 is 6.66. The van der Waals surface area contributed by atoms with Crippen molar-refractivity contribution in [2.24, 2.45) is 5.73 Å². The van der Waals surface area contributed by atoms with Gasteiger partial charge in [-0.25, -0.2) is 0 Å². The molecular weight excluding hydrogens is 312 g/mol. The van der Waals surface area contributed by atoms with Gasteiger partial charge in [0, 0.05) is 8.95 Å². The highest BCUT2D eigenvalue weighted by molar-refractivity contribution is 9.11. The third-order valence-corrected chi connectivity index (χ3v) is 2.75. The number of nitrogens with one attached hydrogen (secondary N) is 1. The van der Waals surface area contributed by atoms with Gasteiger partial charge in [-0.15, -0.1) is 0 Å². The van der Waals surface area contributed by atoms with Crippen LogP contribution in [0.4, 0.5) is 5.69 Å². The number of nitrogens with two attached hydrogens (primary N) is 1. The van der Waals surface area contributed by atoms with Crippen molar-refractivity contribution in [2.45, 2.75) is 13.0 Å². The summed E-state index contributed by atoms with van der Waals surface area (Å²) in [4.78, 5) is 11.3. The Kier molecular flexibility index (Phi) is 4.10. The first-order valence-corrected chi connectivity index (χ1v) is 5.61. The molecule has 1 amide bonds. The largest absolute Gasteiger partial charge is 0.324 e. The number of halogens is 2. The summed E-state index contributed by atoms with van der Waals surface area (Å²) in [5.74, 6) is -0.201. The van der Waals surface area contributed by atoms with Crippen LogP contribution in [-0.4, -0.2) is 11.9 Å². The summed E-state index contributed by atoms with van der Waals surface area (Å²) in [6, 6.07) is 5.00. The molecule has 0 aromatic heterocycles. The Hall–Kier alpha value is -0.390. The second kappa shape index (κ2) is 4.91. The number of hydrogen-bond donors (Lipinski definition) is 2. The lowest BCUT2D eigenvalue weighted by Crippen LogP contribution is -2.32. The number of benzene rings is 1. The Bertz CT molecular complexity index is 353. The molecule has 0 spiro atoms. The Morgan fingerprint density at radius 1 is 1.50 bits per heavy atom. The van der Waals surface area contributed by atoms with Crippen LogP contribution in [0, 0.1) is 0 Å². The van der Waals surface area contributed by atoms with Crippen LogP contribution >= 0.6 is 31.9 Å². The van der Waals surface area contributed by atoms with E-state index < -0.39 is 6.04 Å². The predicted molar refractivity (Wildman–Crippen MR) is 64.1 cm³/mol. The maximum atomic E-state index is 11.3. The fourth-order valence-electron chi connectivity index (χ4n) is 0.837. The minimum Gasteiger partial charge on any atom is -0.324 e. The Morgan fingerprint density at radius 2 is 2.14 bits per heavy atom. The molecule has 0 aliphatic carbocycles. The molecule has 1 aromatic carbocycles. The van der Waals surface area contributed by atoms with Gasteiger partial charge in [-0.1, -0.05) is 15.9 Å². The quantitative estimate of drug-likeness (QED) is 0.879. The Labute approximate surface area is 99.3 Å². The van der Waals surface area contributed by atoms with Gasteiger partial charge in [0.2, 0.25) is 5.91 Å². The van der Waals surface area contributed by atoms with Crippen molar-refractivity contribution in [1.29, 1.82) is 0 Å². The molecule has 14 heavy (non-hydrogen) atoms.